The van der Waals surface area contributed by atoms with E-state index in [1.54, 1.807) is 19.1 Å². The van der Waals surface area contributed by atoms with Gasteiger partial charge in [0.25, 0.3) is 0 Å². The summed E-state index contributed by atoms with van der Waals surface area (Å²) in [6.45, 7) is 12.4. The second-order valence-electron chi connectivity index (χ2n) is 16.7. The summed E-state index contributed by atoms with van der Waals surface area (Å²) in [4.78, 5) is 52.2. The minimum atomic E-state index is -0.600. The van der Waals surface area contributed by atoms with E-state index in [-0.39, 0.29) is 68.3 Å². The van der Waals surface area contributed by atoms with Gasteiger partial charge in [-0.25, -0.2) is 10.6 Å². The first-order valence-electron chi connectivity index (χ1n) is 20.9. The minimum Gasteiger partial charge on any atom is -0.448 e. The fourth-order valence-electron chi connectivity index (χ4n) is 6.61. The van der Waals surface area contributed by atoms with Gasteiger partial charge in [-0.3, -0.25) is 14.4 Å². The number of likely N-dealkylation sites (N-methyl/N-ethyl adjacent to an activating group) is 1. The molecular formula is C44H70N8O9. The molecule has 61 heavy (non-hydrogen) atoms. The summed E-state index contributed by atoms with van der Waals surface area (Å²) in [5, 5.41) is 9.86. The summed E-state index contributed by atoms with van der Waals surface area (Å²) in [5.74, 6) is 5.82. The number of nitrogens with zero attached hydrogens (tertiary/aromatic N) is 2. The number of carbonyl (C=O) groups is 4. The standard InChI is InChI=1S/C44H70N8O9/c1-43(2,30-60-31-44(3,4)29-59-26-25-57-6)28-58-23-19-37(53)49-21-18-38(54)51-27-32-13-7-8-14-33(32)39(45)40(34-15-9-10-17-36(34)51)52(47)22-24-61-42(56)50-20-12-11-16-35(48-5)41(46)55/h7-10,13-15,17,35,48H,11-12,16,18-31,45,47H2,1-6H3,(H2,46,55)(H,49,53)(H,50,56)/b40-39-. The molecule has 0 fully saturated rings. The van der Waals surface area contributed by atoms with Crippen molar-refractivity contribution in [2.24, 2.45) is 28.1 Å². The topological polar surface area (TPSA) is 235 Å². The van der Waals surface area contributed by atoms with E-state index in [1.165, 1.54) is 5.01 Å². The molecule has 0 saturated heterocycles. The molecule has 3 rings (SSSR count). The zero-order valence-corrected chi connectivity index (χ0v) is 37.0. The smallest absolute Gasteiger partial charge is 0.407 e. The average Bonchev–Trinajstić information content (AvgIpc) is 3.21. The van der Waals surface area contributed by atoms with Crippen LogP contribution in [0, 0.1) is 10.8 Å². The van der Waals surface area contributed by atoms with Gasteiger partial charge in [-0.1, -0.05) is 70.2 Å². The Balaban J connectivity index is 1.53. The largest absolute Gasteiger partial charge is 0.448 e. The minimum absolute atomic E-state index is 0.0446. The van der Waals surface area contributed by atoms with Gasteiger partial charge in [0.2, 0.25) is 17.7 Å². The van der Waals surface area contributed by atoms with E-state index in [0.29, 0.717) is 93.7 Å². The third-order valence-corrected chi connectivity index (χ3v) is 9.91. The first-order valence-corrected chi connectivity index (χ1v) is 20.9. The number of primary amides is 1. The van der Waals surface area contributed by atoms with Crippen LogP contribution in [-0.2, 0) is 44.6 Å². The lowest BCUT2D eigenvalue weighted by molar-refractivity contribution is -0.123. The number of carbonyl (C=O) groups excluding carboxylic acids is 4. The Morgan fingerprint density at radius 3 is 2.11 bits per heavy atom. The highest BCUT2D eigenvalue weighted by molar-refractivity contribution is 6.01. The number of nitrogens with two attached hydrogens (primary N) is 3. The molecule has 17 heteroatoms. The van der Waals surface area contributed by atoms with Crippen LogP contribution >= 0.6 is 0 Å². The quantitative estimate of drug-likeness (QED) is 0.0411. The maximum Gasteiger partial charge on any atom is 0.407 e. The third kappa shape index (κ3) is 17.6. The molecule has 1 aliphatic rings. The maximum atomic E-state index is 14.0. The first-order chi connectivity index (χ1) is 29.1. The molecule has 2 aromatic rings. The summed E-state index contributed by atoms with van der Waals surface area (Å²) >= 11 is 0. The SMILES string of the molecule is CNC(CCCCNC(=O)OCCN(N)/C1=C(\N)c2ccccc2CN(C(=O)CCNC(=O)CCOCC(C)(C)COCC(C)(C)COCCOC)c2ccccc21)C(N)=O. The average molecular weight is 855 g/mol. The van der Waals surface area contributed by atoms with Gasteiger partial charge < -0.3 is 61.0 Å². The Morgan fingerprint density at radius 1 is 0.803 bits per heavy atom. The van der Waals surface area contributed by atoms with Crippen molar-refractivity contribution >= 4 is 40.9 Å². The predicted octanol–water partition coefficient (Wildman–Crippen LogP) is 3.11. The van der Waals surface area contributed by atoms with Gasteiger partial charge in [0, 0.05) is 55.0 Å². The summed E-state index contributed by atoms with van der Waals surface area (Å²) in [6, 6.07) is 14.4. The molecule has 9 N–H and O–H groups in total. The van der Waals surface area contributed by atoms with Crippen LogP contribution < -0.4 is 38.2 Å². The number of rotatable bonds is 28. The van der Waals surface area contributed by atoms with Crippen molar-refractivity contribution in [2.45, 2.75) is 72.4 Å². The molecule has 0 radical (unpaired) electrons. The molecule has 1 atom stereocenters. The van der Waals surface area contributed by atoms with Gasteiger partial charge in [-0.15, -0.1) is 0 Å². The second-order valence-corrected chi connectivity index (χ2v) is 16.7. The predicted molar refractivity (Wildman–Crippen MR) is 235 cm³/mol. The molecule has 0 bridgehead atoms. The Morgan fingerprint density at radius 2 is 1.44 bits per heavy atom. The van der Waals surface area contributed by atoms with Crippen molar-refractivity contribution in [3.63, 3.8) is 0 Å². The number of para-hydroxylation sites is 1. The lowest BCUT2D eigenvalue weighted by Gasteiger charge is -2.33. The van der Waals surface area contributed by atoms with E-state index >= 15 is 0 Å². The van der Waals surface area contributed by atoms with Crippen LogP contribution in [0.3, 0.4) is 0 Å². The van der Waals surface area contributed by atoms with Crippen LogP contribution in [0.15, 0.2) is 48.5 Å². The molecule has 0 aliphatic carbocycles. The number of hydrogen-bond donors (Lipinski definition) is 6. The number of amides is 4. The number of hydrazine groups is 1. The van der Waals surface area contributed by atoms with Crippen molar-refractivity contribution in [1.29, 1.82) is 0 Å². The van der Waals surface area contributed by atoms with E-state index in [9.17, 15) is 19.2 Å². The molecule has 1 unspecified atom stereocenters. The van der Waals surface area contributed by atoms with Gasteiger partial charge >= 0.3 is 6.09 Å². The molecule has 1 heterocycles. The van der Waals surface area contributed by atoms with Crippen molar-refractivity contribution < 1.29 is 42.9 Å². The zero-order valence-electron chi connectivity index (χ0n) is 37.0. The molecule has 1 aliphatic heterocycles. The number of hydrogen-bond acceptors (Lipinski definition) is 13. The van der Waals surface area contributed by atoms with Crippen LogP contribution in [0.2, 0.25) is 0 Å². The monoisotopic (exact) mass is 855 g/mol. The van der Waals surface area contributed by atoms with Gasteiger partial charge in [0.15, 0.2) is 0 Å². The van der Waals surface area contributed by atoms with E-state index < -0.39 is 18.0 Å². The van der Waals surface area contributed by atoms with Crippen LogP contribution in [0.25, 0.3) is 11.4 Å². The van der Waals surface area contributed by atoms with Crippen LogP contribution in [0.5, 0.6) is 0 Å². The molecule has 0 spiro atoms. The lowest BCUT2D eigenvalue weighted by Crippen LogP contribution is -2.39. The number of nitrogens with one attached hydrogen (secondary N) is 3. The van der Waals surface area contributed by atoms with Crippen LogP contribution in [-0.4, -0.2) is 122 Å². The second kappa shape index (κ2) is 25.9. The highest BCUT2D eigenvalue weighted by Crippen LogP contribution is 2.37. The number of fused-ring (bicyclic) bond motifs is 2. The van der Waals surface area contributed by atoms with E-state index in [2.05, 4.69) is 43.6 Å². The number of alkyl carbamates (subject to hydrolysis) is 1. The molecular weight excluding hydrogens is 785 g/mol. The number of methoxy groups -OCH3 is 1. The van der Waals surface area contributed by atoms with Crippen molar-refractivity contribution in [2.75, 3.05) is 91.5 Å². The highest BCUT2D eigenvalue weighted by Gasteiger charge is 2.28. The lowest BCUT2D eigenvalue weighted by atomic mass is 9.94. The van der Waals surface area contributed by atoms with E-state index in [1.807, 2.05) is 48.5 Å². The summed E-state index contributed by atoms with van der Waals surface area (Å²) in [7, 11) is 3.32. The van der Waals surface area contributed by atoms with Crippen molar-refractivity contribution in [3.05, 3.63) is 65.2 Å². The van der Waals surface area contributed by atoms with Gasteiger partial charge in [0.1, 0.15) is 6.61 Å². The Hall–Kier alpha value is -4.78. The molecule has 0 saturated carbocycles. The molecule has 2 aromatic carbocycles. The molecule has 0 aromatic heterocycles. The zero-order chi connectivity index (χ0) is 44.8. The number of anilines is 1. The number of ether oxygens (including phenoxy) is 5. The third-order valence-electron chi connectivity index (χ3n) is 9.91. The summed E-state index contributed by atoms with van der Waals surface area (Å²) < 4.78 is 28.0. The Bertz CT molecular complexity index is 1740. The fraction of sp³-hybridized carbons (Fsp3) is 0.591. The van der Waals surface area contributed by atoms with Crippen molar-refractivity contribution in [3.8, 4) is 0 Å². The van der Waals surface area contributed by atoms with Gasteiger partial charge in [-0.05, 0) is 37.9 Å². The van der Waals surface area contributed by atoms with Crippen molar-refractivity contribution in [1.82, 2.24) is 21.0 Å². The van der Waals surface area contributed by atoms with Crippen LogP contribution in [0.1, 0.15) is 76.5 Å². The fourth-order valence-corrected chi connectivity index (χ4v) is 6.61. The highest BCUT2D eigenvalue weighted by atomic mass is 16.5. The van der Waals surface area contributed by atoms with Gasteiger partial charge in [0.05, 0.1) is 82.5 Å². The molecule has 4 amide bonds. The molecule has 17 nitrogen and oxygen atoms in total. The molecule has 340 valence electrons. The van der Waals surface area contributed by atoms with E-state index in [4.69, 9.17) is 41.0 Å². The van der Waals surface area contributed by atoms with Crippen LogP contribution in [0.4, 0.5) is 10.5 Å². The summed E-state index contributed by atoms with van der Waals surface area (Å²) in [5.41, 5.74) is 15.4. The Kier molecular flexibility index (Phi) is 21.4. The van der Waals surface area contributed by atoms with Gasteiger partial charge in [-0.2, -0.15) is 0 Å². The first kappa shape index (κ1) is 50.6. The maximum absolute atomic E-state index is 14.0. The summed E-state index contributed by atoms with van der Waals surface area (Å²) in [6.07, 6.45) is 1.49. The van der Waals surface area contributed by atoms with E-state index in [0.717, 1.165) is 5.56 Å². The number of unbranched alkanes of at least 4 members (excludes halogenated alkanes) is 1. The number of benzene rings is 2. The Labute approximate surface area is 361 Å². The normalized spacial score (nSPS) is 14.6.